The van der Waals surface area contributed by atoms with Gasteiger partial charge in [-0.1, -0.05) is 6.07 Å². The fourth-order valence-corrected chi connectivity index (χ4v) is 1.48. The lowest BCUT2D eigenvalue weighted by atomic mass is 10.1. The SMILES string of the molecule is Cc1ccc(F)c(-c2ccc(CO)o2)c1F. The Kier molecular flexibility index (Phi) is 2.75. The summed E-state index contributed by atoms with van der Waals surface area (Å²) in [7, 11) is 0. The highest BCUT2D eigenvalue weighted by Gasteiger charge is 2.16. The third kappa shape index (κ3) is 1.72. The summed E-state index contributed by atoms with van der Waals surface area (Å²) < 4.78 is 32.3. The van der Waals surface area contributed by atoms with Gasteiger partial charge in [0.05, 0.1) is 5.56 Å². The Morgan fingerprint density at radius 2 is 1.94 bits per heavy atom. The molecule has 1 N–H and O–H groups in total. The van der Waals surface area contributed by atoms with E-state index in [1.807, 2.05) is 0 Å². The molecule has 0 unspecified atom stereocenters. The van der Waals surface area contributed by atoms with Crippen molar-refractivity contribution in [1.29, 1.82) is 0 Å². The molecule has 0 saturated carbocycles. The molecule has 0 fully saturated rings. The van der Waals surface area contributed by atoms with Crippen LogP contribution in [0.5, 0.6) is 0 Å². The number of furan rings is 1. The van der Waals surface area contributed by atoms with Crippen LogP contribution >= 0.6 is 0 Å². The highest BCUT2D eigenvalue weighted by molar-refractivity contribution is 5.60. The Bertz CT molecular complexity index is 518. The molecular weight excluding hydrogens is 214 g/mol. The second kappa shape index (κ2) is 4.06. The maximum absolute atomic E-state index is 13.7. The molecule has 4 heteroatoms. The molecule has 0 radical (unpaired) electrons. The van der Waals surface area contributed by atoms with Gasteiger partial charge in [0, 0.05) is 0 Å². The van der Waals surface area contributed by atoms with Gasteiger partial charge in [-0.2, -0.15) is 0 Å². The van der Waals surface area contributed by atoms with Crippen LogP contribution in [-0.2, 0) is 6.61 Å². The third-order valence-corrected chi connectivity index (χ3v) is 2.35. The van der Waals surface area contributed by atoms with Crippen molar-refractivity contribution in [2.24, 2.45) is 0 Å². The average Bonchev–Trinajstić information content (AvgIpc) is 2.73. The van der Waals surface area contributed by atoms with Crippen molar-refractivity contribution in [1.82, 2.24) is 0 Å². The zero-order chi connectivity index (χ0) is 11.7. The highest BCUT2D eigenvalue weighted by Crippen LogP contribution is 2.29. The Hall–Kier alpha value is -1.68. The van der Waals surface area contributed by atoms with E-state index in [-0.39, 0.29) is 23.7 Å². The van der Waals surface area contributed by atoms with Crippen LogP contribution in [0.15, 0.2) is 28.7 Å². The summed E-state index contributed by atoms with van der Waals surface area (Å²) in [5, 5.41) is 8.81. The van der Waals surface area contributed by atoms with Crippen LogP contribution in [0.1, 0.15) is 11.3 Å². The summed E-state index contributed by atoms with van der Waals surface area (Å²) in [4.78, 5) is 0. The number of halogens is 2. The third-order valence-electron chi connectivity index (χ3n) is 2.35. The van der Waals surface area contributed by atoms with Crippen molar-refractivity contribution in [3.8, 4) is 11.3 Å². The molecular formula is C12H10F2O2. The summed E-state index contributed by atoms with van der Waals surface area (Å²) in [5.41, 5.74) is 0.151. The summed E-state index contributed by atoms with van der Waals surface area (Å²) in [6, 6.07) is 5.47. The quantitative estimate of drug-likeness (QED) is 0.850. The number of aliphatic hydroxyl groups excluding tert-OH is 1. The van der Waals surface area contributed by atoms with E-state index < -0.39 is 11.6 Å². The van der Waals surface area contributed by atoms with E-state index in [1.54, 1.807) is 6.92 Å². The van der Waals surface area contributed by atoms with Gasteiger partial charge in [-0.15, -0.1) is 0 Å². The van der Waals surface area contributed by atoms with Gasteiger partial charge in [-0.3, -0.25) is 0 Å². The molecule has 1 aromatic heterocycles. The topological polar surface area (TPSA) is 33.4 Å². The summed E-state index contributed by atoms with van der Waals surface area (Å²) >= 11 is 0. The lowest BCUT2D eigenvalue weighted by molar-refractivity contribution is 0.248. The van der Waals surface area contributed by atoms with Crippen molar-refractivity contribution < 1.29 is 18.3 Å². The van der Waals surface area contributed by atoms with Gasteiger partial charge in [0.1, 0.15) is 29.8 Å². The van der Waals surface area contributed by atoms with Crippen LogP contribution in [0.4, 0.5) is 8.78 Å². The predicted octanol–water partition coefficient (Wildman–Crippen LogP) is 3.03. The van der Waals surface area contributed by atoms with Crippen molar-refractivity contribution in [3.63, 3.8) is 0 Å². The van der Waals surface area contributed by atoms with Crippen molar-refractivity contribution >= 4 is 0 Å². The molecule has 0 aliphatic carbocycles. The molecule has 2 rings (SSSR count). The Morgan fingerprint density at radius 3 is 2.56 bits per heavy atom. The zero-order valence-corrected chi connectivity index (χ0v) is 8.63. The molecule has 0 atom stereocenters. The standard InChI is InChI=1S/C12H10F2O2/c1-7-2-4-9(13)11(12(7)14)10-5-3-8(6-15)16-10/h2-5,15H,6H2,1H3. The number of rotatable bonds is 2. The number of hydrogen-bond acceptors (Lipinski definition) is 2. The monoisotopic (exact) mass is 224 g/mol. The highest BCUT2D eigenvalue weighted by atomic mass is 19.1. The minimum absolute atomic E-state index is 0.0859. The van der Waals surface area contributed by atoms with Gasteiger partial charge in [-0.25, -0.2) is 8.78 Å². The van der Waals surface area contributed by atoms with Crippen LogP contribution in [0.3, 0.4) is 0 Å². The van der Waals surface area contributed by atoms with Crippen LogP contribution in [0, 0.1) is 18.6 Å². The summed E-state index contributed by atoms with van der Waals surface area (Å²) in [5.74, 6) is -0.959. The van der Waals surface area contributed by atoms with E-state index in [2.05, 4.69) is 0 Å². The van der Waals surface area contributed by atoms with E-state index >= 15 is 0 Å². The number of benzene rings is 1. The van der Waals surface area contributed by atoms with Crippen LogP contribution < -0.4 is 0 Å². The molecule has 0 aliphatic heterocycles. The average molecular weight is 224 g/mol. The molecule has 0 amide bonds. The fraction of sp³-hybridized carbons (Fsp3) is 0.167. The first kappa shape index (κ1) is 10.8. The van der Waals surface area contributed by atoms with Crippen LogP contribution in [-0.4, -0.2) is 5.11 Å². The molecule has 0 saturated heterocycles. The van der Waals surface area contributed by atoms with E-state index in [4.69, 9.17) is 9.52 Å². The van der Waals surface area contributed by atoms with E-state index in [9.17, 15) is 8.78 Å². The minimum atomic E-state index is -0.679. The smallest absolute Gasteiger partial charge is 0.140 e. The lowest BCUT2D eigenvalue weighted by Gasteiger charge is -2.04. The predicted molar refractivity (Wildman–Crippen MR) is 54.7 cm³/mol. The van der Waals surface area contributed by atoms with E-state index in [0.29, 0.717) is 5.56 Å². The first-order valence-corrected chi connectivity index (χ1v) is 4.78. The largest absolute Gasteiger partial charge is 0.458 e. The summed E-state index contributed by atoms with van der Waals surface area (Å²) in [6.07, 6.45) is 0. The van der Waals surface area contributed by atoms with Gasteiger partial charge in [-0.05, 0) is 30.7 Å². The van der Waals surface area contributed by atoms with Crippen LogP contribution in [0.25, 0.3) is 11.3 Å². The normalized spacial score (nSPS) is 10.8. The van der Waals surface area contributed by atoms with Gasteiger partial charge < -0.3 is 9.52 Å². The zero-order valence-electron chi connectivity index (χ0n) is 8.63. The molecule has 0 bridgehead atoms. The first-order valence-electron chi connectivity index (χ1n) is 4.78. The van der Waals surface area contributed by atoms with E-state index in [1.165, 1.54) is 24.3 Å². The van der Waals surface area contributed by atoms with Crippen LogP contribution in [0.2, 0.25) is 0 Å². The van der Waals surface area contributed by atoms with Crippen molar-refractivity contribution in [2.45, 2.75) is 13.5 Å². The minimum Gasteiger partial charge on any atom is -0.458 e. The molecule has 16 heavy (non-hydrogen) atoms. The second-order valence-corrected chi connectivity index (χ2v) is 3.48. The van der Waals surface area contributed by atoms with Gasteiger partial charge in [0.25, 0.3) is 0 Å². The van der Waals surface area contributed by atoms with Gasteiger partial charge in [0.2, 0.25) is 0 Å². The first-order chi connectivity index (χ1) is 7.63. The van der Waals surface area contributed by atoms with Gasteiger partial charge >= 0.3 is 0 Å². The Morgan fingerprint density at radius 1 is 1.19 bits per heavy atom. The van der Waals surface area contributed by atoms with Gasteiger partial charge in [0.15, 0.2) is 0 Å². The molecule has 0 aliphatic rings. The summed E-state index contributed by atoms with van der Waals surface area (Å²) in [6.45, 7) is 1.25. The molecule has 2 nitrogen and oxygen atoms in total. The molecule has 0 spiro atoms. The molecule has 1 heterocycles. The Labute approximate surface area is 91.1 Å². The second-order valence-electron chi connectivity index (χ2n) is 3.48. The lowest BCUT2D eigenvalue weighted by Crippen LogP contribution is -1.92. The maximum Gasteiger partial charge on any atom is 0.140 e. The maximum atomic E-state index is 13.7. The Balaban J connectivity index is 2.58. The fourth-order valence-electron chi connectivity index (χ4n) is 1.48. The number of aliphatic hydroxyl groups is 1. The molecule has 2 aromatic rings. The van der Waals surface area contributed by atoms with Crippen molar-refractivity contribution in [3.05, 3.63) is 47.2 Å². The number of hydrogen-bond donors (Lipinski definition) is 1. The molecule has 84 valence electrons. The van der Waals surface area contributed by atoms with E-state index in [0.717, 1.165) is 0 Å². The number of aryl methyl sites for hydroxylation is 1. The van der Waals surface area contributed by atoms with Crippen molar-refractivity contribution in [2.75, 3.05) is 0 Å². The molecule has 1 aromatic carbocycles.